The van der Waals surface area contributed by atoms with Gasteiger partial charge in [0.1, 0.15) is 17.2 Å². The lowest BCUT2D eigenvalue weighted by Crippen LogP contribution is -2.66. The first-order chi connectivity index (χ1) is 46.6. The average molecular weight is 1480 g/mol. The van der Waals surface area contributed by atoms with E-state index in [0.717, 1.165) is 70.5 Å². The van der Waals surface area contributed by atoms with E-state index in [1.807, 2.05) is 114 Å². The highest BCUT2D eigenvalue weighted by Crippen LogP contribution is 2.40. The van der Waals surface area contributed by atoms with Crippen LogP contribution in [0.3, 0.4) is 0 Å². The topological polar surface area (TPSA) is 140 Å². The van der Waals surface area contributed by atoms with Crippen LogP contribution < -0.4 is 24.6 Å². The fourth-order valence-electron chi connectivity index (χ4n) is 12.8. The van der Waals surface area contributed by atoms with Crippen molar-refractivity contribution in [3.63, 3.8) is 0 Å². The molecule has 3 unspecified atom stereocenters. The van der Waals surface area contributed by atoms with Crippen molar-refractivity contribution in [3.05, 3.63) is 187 Å². The molecule has 0 bridgehead atoms. The Morgan fingerprint density at radius 1 is 0.449 bits per heavy atom. The van der Waals surface area contributed by atoms with E-state index in [-0.39, 0.29) is 78.4 Å². The Bertz CT molecular complexity index is 2950. The Labute approximate surface area is 604 Å². The molecular formula is C82H119IO14Si. The lowest BCUT2D eigenvalue weighted by molar-refractivity contribution is -0.150. The van der Waals surface area contributed by atoms with Gasteiger partial charge in [0.05, 0.1) is 96.1 Å². The van der Waals surface area contributed by atoms with Crippen LogP contribution in [0.15, 0.2) is 170 Å². The van der Waals surface area contributed by atoms with Crippen molar-refractivity contribution in [2.24, 2.45) is 17.8 Å². The molecule has 0 aliphatic carbocycles. The number of benzene rings is 5. The normalized spacial score (nSPS) is 22.4. The summed E-state index contributed by atoms with van der Waals surface area (Å²) in [5.41, 5.74) is 3.42. The summed E-state index contributed by atoms with van der Waals surface area (Å²) >= 11 is 2.40. The molecule has 8 rings (SSSR count). The molecule has 3 fully saturated rings. The third kappa shape index (κ3) is 26.2. The molecule has 16 heteroatoms. The summed E-state index contributed by atoms with van der Waals surface area (Å²) in [7, 11) is 2.41. The first-order valence-electron chi connectivity index (χ1n) is 35.4. The molecule has 14 nitrogen and oxygen atoms in total. The minimum Gasteiger partial charge on any atom is -0.497 e. The average Bonchev–Trinajstić information content (AvgIpc) is 1.13. The SMILES string of the molecule is COc1ccc(CO[C@H](C)C/C=C\C(C)[C@H]2OC(C)(C)O[C@H]2CCI)cc1.COc1ccc(CO[C@H](C)C/C=C\C(C)[C@H]2OC(C)(C)O[C@H]2CCO)cc1.COc1ccc(CO[C@H](C)C/C=C\C(C)[C@H]2OC(C)(C)O[C@H]2CCO[Si](c2ccccc2)(c2ccccc2)C(C)(C)C)cc1. The van der Waals surface area contributed by atoms with Gasteiger partial charge in [-0.3, -0.25) is 0 Å². The Hall–Kier alpha value is -4.77. The van der Waals surface area contributed by atoms with Crippen LogP contribution in [0.4, 0.5) is 0 Å². The summed E-state index contributed by atoms with van der Waals surface area (Å²) in [6, 6.07) is 45.5. The minimum absolute atomic E-state index is 0.0427. The monoisotopic (exact) mass is 1480 g/mol. The van der Waals surface area contributed by atoms with Gasteiger partial charge in [-0.1, -0.05) is 198 Å². The van der Waals surface area contributed by atoms with Crippen LogP contribution in [-0.2, 0) is 66.9 Å². The molecule has 0 amide bonds. The summed E-state index contributed by atoms with van der Waals surface area (Å²) in [4.78, 5) is 0. The third-order valence-electron chi connectivity index (χ3n) is 18.0. The van der Waals surface area contributed by atoms with Crippen LogP contribution in [0.1, 0.15) is 159 Å². The van der Waals surface area contributed by atoms with Crippen molar-refractivity contribution >= 4 is 41.3 Å². The van der Waals surface area contributed by atoms with E-state index in [2.05, 4.69) is 182 Å². The van der Waals surface area contributed by atoms with E-state index >= 15 is 0 Å². The number of hydrogen-bond acceptors (Lipinski definition) is 14. The van der Waals surface area contributed by atoms with Gasteiger partial charge in [-0.05, 0) is 169 Å². The Balaban J connectivity index is 0.000000244. The van der Waals surface area contributed by atoms with Crippen molar-refractivity contribution in [2.75, 3.05) is 39.0 Å². The first kappa shape index (κ1) is 82.2. The van der Waals surface area contributed by atoms with E-state index in [0.29, 0.717) is 38.8 Å². The largest absolute Gasteiger partial charge is 0.497 e. The highest BCUT2D eigenvalue weighted by molar-refractivity contribution is 14.1. The molecule has 3 aliphatic rings. The van der Waals surface area contributed by atoms with E-state index in [4.69, 9.17) is 61.3 Å². The zero-order valence-electron chi connectivity index (χ0n) is 62.2. The fraction of sp³-hybridized carbons (Fsp3) is 0.561. The molecule has 542 valence electrons. The van der Waals surface area contributed by atoms with Gasteiger partial charge in [-0.2, -0.15) is 0 Å². The molecule has 98 heavy (non-hydrogen) atoms. The van der Waals surface area contributed by atoms with Crippen LogP contribution in [0.2, 0.25) is 5.04 Å². The second-order valence-corrected chi connectivity index (χ2v) is 34.1. The van der Waals surface area contributed by atoms with Gasteiger partial charge < -0.3 is 66.4 Å². The number of aliphatic hydroxyl groups is 1. The van der Waals surface area contributed by atoms with Crippen molar-refractivity contribution in [2.45, 2.75) is 240 Å². The van der Waals surface area contributed by atoms with Crippen LogP contribution in [0.5, 0.6) is 17.2 Å². The van der Waals surface area contributed by atoms with Gasteiger partial charge in [-0.25, -0.2) is 0 Å². The van der Waals surface area contributed by atoms with Gasteiger partial charge in [0.2, 0.25) is 0 Å². The Morgan fingerprint density at radius 2 is 0.755 bits per heavy atom. The maximum atomic E-state index is 9.25. The predicted molar refractivity (Wildman–Crippen MR) is 405 cm³/mol. The number of alkyl halides is 1. The molecule has 0 spiro atoms. The van der Waals surface area contributed by atoms with Gasteiger partial charge in [0.25, 0.3) is 8.32 Å². The molecule has 1 N–H and O–H groups in total. The molecule has 5 aromatic carbocycles. The van der Waals surface area contributed by atoms with Crippen molar-refractivity contribution < 1.29 is 66.4 Å². The molecule has 3 saturated heterocycles. The first-order valence-corrected chi connectivity index (χ1v) is 38.8. The second-order valence-electron chi connectivity index (χ2n) is 28.7. The fourth-order valence-corrected chi connectivity index (χ4v) is 18.0. The maximum Gasteiger partial charge on any atom is 0.261 e. The Kier molecular flexibility index (Phi) is 33.7. The summed E-state index contributed by atoms with van der Waals surface area (Å²) in [6.07, 6.45) is 18.6. The Morgan fingerprint density at radius 3 is 1.04 bits per heavy atom. The number of halogens is 1. The van der Waals surface area contributed by atoms with Crippen LogP contribution >= 0.6 is 22.6 Å². The zero-order chi connectivity index (χ0) is 71.5. The van der Waals surface area contributed by atoms with Crippen LogP contribution in [0, 0.1) is 17.8 Å². The summed E-state index contributed by atoms with van der Waals surface area (Å²) in [5, 5.41) is 11.8. The summed E-state index contributed by atoms with van der Waals surface area (Å²) in [5.74, 6) is 1.56. The van der Waals surface area contributed by atoms with E-state index in [1.54, 1.807) is 21.3 Å². The summed E-state index contributed by atoms with van der Waals surface area (Å²) in [6.45, 7) is 34.1. The van der Waals surface area contributed by atoms with E-state index in [1.165, 1.54) is 10.4 Å². The van der Waals surface area contributed by atoms with E-state index in [9.17, 15) is 5.11 Å². The van der Waals surface area contributed by atoms with Crippen molar-refractivity contribution in [1.29, 1.82) is 0 Å². The molecule has 5 aromatic rings. The van der Waals surface area contributed by atoms with Crippen molar-refractivity contribution in [1.82, 2.24) is 0 Å². The number of rotatable bonds is 34. The van der Waals surface area contributed by atoms with Gasteiger partial charge in [0.15, 0.2) is 17.4 Å². The highest BCUT2D eigenvalue weighted by Gasteiger charge is 2.51. The number of aliphatic hydroxyl groups excluding tert-OH is 1. The van der Waals surface area contributed by atoms with Crippen LogP contribution in [0.25, 0.3) is 0 Å². The lowest BCUT2D eigenvalue weighted by atomic mass is 9.97. The zero-order valence-corrected chi connectivity index (χ0v) is 65.4. The molecule has 0 saturated carbocycles. The van der Waals surface area contributed by atoms with Crippen molar-refractivity contribution in [3.8, 4) is 17.2 Å². The molecule has 0 aromatic heterocycles. The molecular weight excluding hydrogens is 1360 g/mol. The molecule has 12 atom stereocenters. The van der Waals surface area contributed by atoms with Gasteiger partial charge in [0, 0.05) is 35.4 Å². The number of hydrogen-bond donors (Lipinski definition) is 1. The summed E-state index contributed by atoms with van der Waals surface area (Å²) < 4.78 is 78.9. The maximum absolute atomic E-state index is 9.25. The third-order valence-corrected chi connectivity index (χ3v) is 23.6. The quantitative estimate of drug-likeness (QED) is 0.0181. The smallest absolute Gasteiger partial charge is 0.261 e. The number of ether oxygens (including phenoxy) is 12. The van der Waals surface area contributed by atoms with Crippen LogP contribution in [-0.4, -0.2) is 125 Å². The molecule has 3 aliphatic heterocycles. The lowest BCUT2D eigenvalue weighted by Gasteiger charge is -2.43. The second kappa shape index (κ2) is 40.2. The standard InChI is InChI=1S/C38H52O5Si.C22H33IO4.C22H34O5/c1-29(16-15-17-30(2)40-28-31-22-24-32(39-8)25-23-31)36-35(42-38(6,7)43-36)26-27-41-44(37(3,4)5,33-18-11-9-12-19-33)34-20-13-10-14-21-34;2*1-16(21-20(13-14-23)26-22(3,4)27-21)7-6-8-17(2)25-15-18-9-11-19(24-5)12-10-18/h9-16,18-25,29-30,35-36H,17,26-28H2,1-8H3;6-7,9-12,16-17,20-21H,8,13-15H2,1-5H3;6-7,9-12,16-17,20-21,23H,8,13-15H2,1-5H3/b16-15-;2*7-6-/t29?,30-,35+,36-;2*16?,17-,20+,21-/m111/s1. The molecule has 0 radical (unpaired) electrons. The highest BCUT2D eigenvalue weighted by atomic mass is 127. The predicted octanol–water partition coefficient (Wildman–Crippen LogP) is 17.3. The van der Waals surface area contributed by atoms with E-state index < -0.39 is 25.7 Å². The molecule has 3 heterocycles. The number of methoxy groups -OCH3 is 3. The van der Waals surface area contributed by atoms with Gasteiger partial charge in [-0.15, -0.1) is 0 Å². The minimum atomic E-state index is -2.61. The van der Waals surface area contributed by atoms with Gasteiger partial charge >= 0.3 is 0 Å².